The van der Waals surface area contributed by atoms with E-state index in [1.165, 1.54) is 18.6 Å². The second kappa shape index (κ2) is 8.88. The standard InChI is InChI=1S/C18H27N3O6S2/c22-17-11-14(8-9-16(17)21-12-18(23)20-29(21,26)27)7-4-10-19-28(24,25)13-15-5-2-1-3-6-15/h8-9,11,15,19,22H,1-7,10,12-13H2,(H,20,23). The fourth-order valence-corrected chi connectivity index (χ4v) is 6.53. The molecule has 0 spiro atoms. The molecule has 1 aromatic carbocycles. The lowest BCUT2D eigenvalue weighted by molar-refractivity contribution is -0.117. The Balaban J connectivity index is 1.50. The van der Waals surface area contributed by atoms with Gasteiger partial charge in [0.25, 0.3) is 5.91 Å². The molecule has 1 heterocycles. The Labute approximate surface area is 171 Å². The van der Waals surface area contributed by atoms with Crippen molar-refractivity contribution in [3.8, 4) is 5.75 Å². The second-order valence-corrected chi connectivity index (χ2v) is 11.1. The van der Waals surface area contributed by atoms with Gasteiger partial charge in [0, 0.05) is 6.54 Å². The smallest absolute Gasteiger partial charge is 0.326 e. The van der Waals surface area contributed by atoms with Crippen molar-refractivity contribution in [2.24, 2.45) is 5.92 Å². The van der Waals surface area contributed by atoms with Crippen LogP contribution in [-0.4, -0.2) is 46.7 Å². The minimum absolute atomic E-state index is 0.0280. The number of phenolic OH excluding ortho intramolecular Hbond substituents is 1. The molecule has 2 aliphatic rings. The summed E-state index contributed by atoms with van der Waals surface area (Å²) < 4.78 is 53.4. The van der Waals surface area contributed by atoms with Gasteiger partial charge in [-0.25, -0.2) is 22.2 Å². The first-order valence-corrected chi connectivity index (χ1v) is 12.9. The van der Waals surface area contributed by atoms with Crippen LogP contribution in [0.5, 0.6) is 5.75 Å². The average Bonchev–Trinajstić information content (AvgIpc) is 2.91. The van der Waals surface area contributed by atoms with Gasteiger partial charge in [-0.15, -0.1) is 0 Å². The number of nitrogens with one attached hydrogen (secondary N) is 2. The molecule has 2 fully saturated rings. The number of aromatic hydroxyl groups is 1. The van der Waals surface area contributed by atoms with E-state index in [0.29, 0.717) is 19.4 Å². The number of amides is 1. The van der Waals surface area contributed by atoms with E-state index >= 15 is 0 Å². The third-order valence-corrected chi connectivity index (χ3v) is 8.22. The Morgan fingerprint density at radius 2 is 1.93 bits per heavy atom. The van der Waals surface area contributed by atoms with Gasteiger partial charge in [0.1, 0.15) is 12.3 Å². The van der Waals surface area contributed by atoms with Gasteiger partial charge in [-0.1, -0.05) is 25.3 Å². The molecule has 1 saturated heterocycles. The molecule has 1 amide bonds. The number of phenols is 1. The summed E-state index contributed by atoms with van der Waals surface area (Å²) in [5.74, 6) is -0.483. The van der Waals surface area contributed by atoms with E-state index < -0.39 is 26.1 Å². The third kappa shape index (κ3) is 5.83. The highest BCUT2D eigenvalue weighted by Crippen LogP contribution is 2.31. The molecule has 0 bridgehead atoms. The topological polar surface area (TPSA) is 133 Å². The molecular weight excluding hydrogens is 418 g/mol. The summed E-state index contributed by atoms with van der Waals surface area (Å²) in [6.07, 6.45) is 6.40. The summed E-state index contributed by atoms with van der Waals surface area (Å²) in [7, 11) is -7.27. The monoisotopic (exact) mass is 445 g/mol. The highest BCUT2D eigenvalue weighted by Gasteiger charge is 2.35. The van der Waals surface area contributed by atoms with Gasteiger partial charge in [-0.2, -0.15) is 8.42 Å². The van der Waals surface area contributed by atoms with Gasteiger partial charge in [-0.05, 0) is 49.3 Å². The molecule has 1 aromatic rings. The molecule has 3 rings (SSSR count). The van der Waals surface area contributed by atoms with Gasteiger partial charge in [-0.3, -0.25) is 4.79 Å². The van der Waals surface area contributed by atoms with Gasteiger partial charge in [0.15, 0.2) is 0 Å². The van der Waals surface area contributed by atoms with Gasteiger partial charge < -0.3 is 5.11 Å². The van der Waals surface area contributed by atoms with Gasteiger partial charge in [0.2, 0.25) is 10.0 Å². The maximum absolute atomic E-state index is 12.2. The van der Waals surface area contributed by atoms with Crippen molar-refractivity contribution < 1.29 is 26.7 Å². The Bertz CT molecular complexity index is 956. The Morgan fingerprint density at radius 3 is 2.55 bits per heavy atom. The molecule has 1 aliphatic heterocycles. The zero-order valence-corrected chi connectivity index (χ0v) is 17.8. The first kappa shape index (κ1) is 21.8. The lowest BCUT2D eigenvalue weighted by atomic mass is 9.91. The summed E-state index contributed by atoms with van der Waals surface area (Å²) in [4.78, 5) is 11.3. The Kier molecular flexibility index (Phi) is 6.69. The highest BCUT2D eigenvalue weighted by atomic mass is 32.2. The minimum Gasteiger partial charge on any atom is -0.506 e. The highest BCUT2D eigenvalue weighted by molar-refractivity contribution is 7.92. The van der Waals surface area contributed by atoms with Crippen LogP contribution in [0.25, 0.3) is 0 Å². The lowest BCUT2D eigenvalue weighted by Crippen LogP contribution is -2.31. The molecule has 0 aromatic heterocycles. The number of sulfonamides is 1. The van der Waals surface area contributed by atoms with E-state index in [9.17, 15) is 26.7 Å². The van der Waals surface area contributed by atoms with Crippen LogP contribution in [0.1, 0.15) is 44.1 Å². The van der Waals surface area contributed by atoms with Crippen LogP contribution >= 0.6 is 0 Å². The van der Waals surface area contributed by atoms with E-state index in [0.717, 1.165) is 35.6 Å². The molecule has 1 saturated carbocycles. The van der Waals surface area contributed by atoms with Crippen LogP contribution < -0.4 is 13.7 Å². The summed E-state index contributed by atoms with van der Waals surface area (Å²) in [5, 5.41) is 10.2. The molecule has 0 unspecified atom stereocenters. The fraction of sp³-hybridized carbons (Fsp3) is 0.611. The van der Waals surface area contributed by atoms with Crippen LogP contribution in [-0.2, 0) is 31.4 Å². The van der Waals surface area contributed by atoms with E-state index in [1.54, 1.807) is 6.07 Å². The molecule has 0 atom stereocenters. The van der Waals surface area contributed by atoms with Crippen molar-refractivity contribution in [1.82, 2.24) is 9.44 Å². The predicted octanol–water partition coefficient (Wildman–Crippen LogP) is 1.01. The Hall–Kier alpha value is -1.85. The maximum Gasteiger partial charge on any atom is 0.326 e. The van der Waals surface area contributed by atoms with Crippen molar-refractivity contribution in [1.29, 1.82) is 0 Å². The molecule has 162 valence electrons. The number of carbonyl (C=O) groups excluding carboxylic acids is 1. The number of aryl methyl sites for hydroxylation is 1. The number of nitrogens with zero attached hydrogens (tertiary/aromatic N) is 1. The minimum atomic E-state index is -3.98. The average molecular weight is 446 g/mol. The lowest BCUT2D eigenvalue weighted by Gasteiger charge is -2.21. The summed E-state index contributed by atoms with van der Waals surface area (Å²) in [6, 6.07) is 4.53. The number of rotatable bonds is 8. The molecule has 11 heteroatoms. The van der Waals surface area contributed by atoms with E-state index in [-0.39, 0.29) is 29.7 Å². The number of benzene rings is 1. The predicted molar refractivity (Wildman–Crippen MR) is 109 cm³/mol. The van der Waals surface area contributed by atoms with Crippen molar-refractivity contribution in [2.45, 2.75) is 44.9 Å². The SMILES string of the molecule is O=C1CN(c2ccc(CCCNS(=O)(=O)CC3CCCCC3)cc2O)S(=O)(=O)N1. The van der Waals surface area contributed by atoms with Crippen LogP contribution in [0, 0.1) is 5.92 Å². The van der Waals surface area contributed by atoms with Crippen LogP contribution in [0.3, 0.4) is 0 Å². The molecule has 0 radical (unpaired) electrons. The number of carbonyl (C=O) groups is 1. The number of anilines is 1. The summed E-state index contributed by atoms with van der Waals surface area (Å²) in [5.41, 5.74) is 0.772. The maximum atomic E-state index is 12.2. The molecule has 3 N–H and O–H groups in total. The zero-order chi connectivity index (χ0) is 21.1. The van der Waals surface area contributed by atoms with E-state index in [2.05, 4.69) is 4.72 Å². The quantitative estimate of drug-likeness (QED) is 0.512. The second-order valence-electron chi connectivity index (χ2n) is 7.64. The summed E-state index contributed by atoms with van der Waals surface area (Å²) in [6.45, 7) is -0.0749. The largest absolute Gasteiger partial charge is 0.506 e. The third-order valence-electron chi connectivity index (χ3n) is 5.27. The van der Waals surface area contributed by atoms with Crippen molar-refractivity contribution in [3.63, 3.8) is 0 Å². The molecular formula is C18H27N3O6S2. The first-order valence-electron chi connectivity index (χ1n) is 9.79. The van der Waals surface area contributed by atoms with Crippen LogP contribution in [0.4, 0.5) is 5.69 Å². The normalized spacial score (nSPS) is 20.0. The Morgan fingerprint density at radius 1 is 1.21 bits per heavy atom. The fourth-order valence-electron chi connectivity index (χ4n) is 3.84. The van der Waals surface area contributed by atoms with Crippen molar-refractivity contribution in [3.05, 3.63) is 23.8 Å². The zero-order valence-electron chi connectivity index (χ0n) is 16.1. The van der Waals surface area contributed by atoms with Crippen molar-refractivity contribution in [2.75, 3.05) is 23.1 Å². The summed E-state index contributed by atoms with van der Waals surface area (Å²) >= 11 is 0. The van der Waals surface area contributed by atoms with E-state index in [4.69, 9.17) is 0 Å². The first-order chi connectivity index (χ1) is 13.7. The van der Waals surface area contributed by atoms with Gasteiger partial charge >= 0.3 is 10.2 Å². The number of hydrogen-bond acceptors (Lipinski definition) is 6. The number of hydrogen-bond donors (Lipinski definition) is 3. The van der Waals surface area contributed by atoms with Crippen LogP contribution in [0.2, 0.25) is 0 Å². The molecule has 1 aliphatic carbocycles. The van der Waals surface area contributed by atoms with Crippen molar-refractivity contribution >= 4 is 31.8 Å². The molecule has 9 nitrogen and oxygen atoms in total. The van der Waals surface area contributed by atoms with Gasteiger partial charge in [0.05, 0.1) is 11.4 Å². The van der Waals surface area contributed by atoms with E-state index in [1.807, 2.05) is 4.72 Å². The van der Waals surface area contributed by atoms with Crippen LogP contribution in [0.15, 0.2) is 18.2 Å². The molecule has 29 heavy (non-hydrogen) atoms.